The molecule has 7 heteroatoms. The van der Waals surface area contributed by atoms with Crippen molar-refractivity contribution < 1.29 is 19.0 Å². The summed E-state index contributed by atoms with van der Waals surface area (Å²) in [5, 5.41) is 2.97. The summed E-state index contributed by atoms with van der Waals surface area (Å²) < 4.78 is 17.1. The van der Waals surface area contributed by atoms with Crippen LogP contribution in [-0.2, 0) is 16.1 Å². The first-order chi connectivity index (χ1) is 14.7. The molecule has 0 saturated carbocycles. The van der Waals surface area contributed by atoms with Gasteiger partial charge in [0.05, 0.1) is 19.8 Å². The quantitative estimate of drug-likeness (QED) is 0.754. The van der Waals surface area contributed by atoms with Crippen molar-refractivity contribution in [3.63, 3.8) is 0 Å². The number of carbonyl (C=O) groups excluding carboxylic acids is 1. The third-order valence-electron chi connectivity index (χ3n) is 5.24. The van der Waals surface area contributed by atoms with E-state index in [0.29, 0.717) is 13.2 Å². The molecule has 7 nitrogen and oxygen atoms in total. The fraction of sp³-hybridized carbons (Fsp3) is 0.435. The summed E-state index contributed by atoms with van der Waals surface area (Å²) in [6, 6.07) is 15.7. The number of benzene rings is 2. The molecule has 1 N–H and O–H groups in total. The molecular formula is C23H29N3O4. The lowest BCUT2D eigenvalue weighted by Gasteiger charge is -2.29. The monoisotopic (exact) mass is 411 g/mol. The van der Waals surface area contributed by atoms with Crippen molar-refractivity contribution in [1.82, 2.24) is 9.80 Å². The molecule has 0 aromatic heterocycles. The van der Waals surface area contributed by atoms with E-state index in [4.69, 9.17) is 14.2 Å². The number of carbonyl (C=O) groups is 1. The summed E-state index contributed by atoms with van der Waals surface area (Å²) in [6.07, 6.45) is -0.0998. The Bertz CT molecular complexity index is 837. The van der Waals surface area contributed by atoms with Crippen molar-refractivity contribution in [3.05, 3.63) is 54.1 Å². The van der Waals surface area contributed by atoms with Gasteiger partial charge in [0.2, 0.25) is 5.91 Å². The maximum Gasteiger partial charge on any atom is 0.238 e. The van der Waals surface area contributed by atoms with Crippen LogP contribution >= 0.6 is 0 Å². The molecule has 1 atom stereocenters. The summed E-state index contributed by atoms with van der Waals surface area (Å²) in [5.41, 5.74) is 2.05. The molecule has 0 aliphatic carbocycles. The number of hydrogen-bond donors (Lipinski definition) is 1. The predicted molar refractivity (Wildman–Crippen MR) is 115 cm³/mol. The van der Waals surface area contributed by atoms with Gasteiger partial charge in [0.25, 0.3) is 0 Å². The van der Waals surface area contributed by atoms with Gasteiger partial charge in [-0.25, -0.2) is 0 Å². The standard InChI is InChI=1S/C23H29N3O4/c1-25(15-20-17-29-21-4-2-3-5-22(21)30-20)16-23(27)24-19-8-6-18(7-9-19)14-26-10-12-28-13-11-26/h2-9,20H,10-17H2,1H3,(H,24,27). The highest BCUT2D eigenvalue weighted by molar-refractivity contribution is 5.92. The molecule has 2 aromatic rings. The average molecular weight is 412 g/mol. The highest BCUT2D eigenvalue weighted by atomic mass is 16.6. The molecule has 0 radical (unpaired) electrons. The second kappa shape index (κ2) is 9.93. The molecule has 1 fully saturated rings. The average Bonchev–Trinajstić information content (AvgIpc) is 2.75. The minimum absolute atomic E-state index is 0.0458. The Labute approximate surface area is 177 Å². The largest absolute Gasteiger partial charge is 0.486 e. The lowest BCUT2D eigenvalue weighted by Crippen LogP contribution is -2.42. The van der Waals surface area contributed by atoms with Crippen LogP contribution in [0.5, 0.6) is 11.5 Å². The molecule has 1 saturated heterocycles. The van der Waals surface area contributed by atoms with Crippen molar-refractivity contribution >= 4 is 11.6 Å². The number of nitrogens with zero attached hydrogens (tertiary/aromatic N) is 2. The first-order valence-corrected chi connectivity index (χ1v) is 10.4. The summed E-state index contributed by atoms with van der Waals surface area (Å²) in [6.45, 7) is 5.81. The SMILES string of the molecule is CN(CC(=O)Nc1ccc(CN2CCOCC2)cc1)CC1COc2ccccc2O1. The number of para-hydroxylation sites is 2. The molecule has 2 aliphatic heterocycles. The lowest BCUT2D eigenvalue weighted by molar-refractivity contribution is -0.117. The summed E-state index contributed by atoms with van der Waals surface area (Å²) >= 11 is 0. The second-order valence-electron chi connectivity index (χ2n) is 7.83. The van der Waals surface area contributed by atoms with Crippen LogP contribution in [0.2, 0.25) is 0 Å². The van der Waals surface area contributed by atoms with Crippen LogP contribution in [0.1, 0.15) is 5.56 Å². The van der Waals surface area contributed by atoms with Crippen LogP contribution in [0.25, 0.3) is 0 Å². The van der Waals surface area contributed by atoms with E-state index in [9.17, 15) is 4.79 Å². The number of hydrogen-bond acceptors (Lipinski definition) is 6. The topological polar surface area (TPSA) is 63.3 Å². The van der Waals surface area contributed by atoms with Gasteiger partial charge in [0.1, 0.15) is 12.7 Å². The molecule has 2 aromatic carbocycles. The van der Waals surface area contributed by atoms with Crippen molar-refractivity contribution in [1.29, 1.82) is 0 Å². The lowest BCUT2D eigenvalue weighted by atomic mass is 10.2. The molecule has 1 amide bonds. The fourth-order valence-corrected chi connectivity index (χ4v) is 3.72. The zero-order valence-electron chi connectivity index (χ0n) is 17.4. The van der Waals surface area contributed by atoms with Crippen LogP contribution in [0.4, 0.5) is 5.69 Å². The van der Waals surface area contributed by atoms with Gasteiger partial charge >= 0.3 is 0 Å². The van der Waals surface area contributed by atoms with Crippen molar-refractivity contribution in [2.24, 2.45) is 0 Å². The Morgan fingerprint density at radius 2 is 1.83 bits per heavy atom. The molecule has 2 aliphatic rings. The third-order valence-corrected chi connectivity index (χ3v) is 5.24. The van der Waals surface area contributed by atoms with Gasteiger partial charge in [-0.05, 0) is 36.9 Å². The Morgan fingerprint density at radius 1 is 1.10 bits per heavy atom. The van der Waals surface area contributed by atoms with Crippen molar-refractivity contribution in [2.75, 3.05) is 58.4 Å². The van der Waals surface area contributed by atoms with E-state index in [1.807, 2.05) is 48.3 Å². The first-order valence-electron chi connectivity index (χ1n) is 10.4. The molecule has 0 spiro atoms. The molecule has 30 heavy (non-hydrogen) atoms. The van der Waals surface area contributed by atoms with E-state index in [-0.39, 0.29) is 18.6 Å². The van der Waals surface area contributed by atoms with Gasteiger partial charge in [-0.3, -0.25) is 14.6 Å². The number of rotatable bonds is 7. The predicted octanol–water partition coefficient (Wildman–Crippen LogP) is 2.23. The summed E-state index contributed by atoms with van der Waals surface area (Å²) in [7, 11) is 1.91. The number of amides is 1. The van der Waals surface area contributed by atoms with E-state index in [0.717, 1.165) is 50.0 Å². The molecule has 1 unspecified atom stereocenters. The highest BCUT2D eigenvalue weighted by Crippen LogP contribution is 2.30. The van der Waals surface area contributed by atoms with Gasteiger partial charge in [-0.1, -0.05) is 24.3 Å². The minimum atomic E-state index is -0.0998. The Balaban J connectivity index is 1.21. The smallest absolute Gasteiger partial charge is 0.238 e. The first kappa shape index (κ1) is 20.7. The molecule has 4 rings (SSSR count). The van der Waals surface area contributed by atoms with Crippen molar-refractivity contribution in [2.45, 2.75) is 12.6 Å². The molecule has 2 heterocycles. The Morgan fingerprint density at radius 3 is 2.60 bits per heavy atom. The Hall–Kier alpha value is -2.61. The number of morpholine rings is 1. The van der Waals surface area contributed by atoms with E-state index >= 15 is 0 Å². The number of anilines is 1. The van der Waals surface area contributed by atoms with E-state index in [1.165, 1.54) is 5.56 Å². The molecular weight excluding hydrogens is 382 g/mol. The molecule has 0 bridgehead atoms. The summed E-state index contributed by atoms with van der Waals surface area (Å²) in [5.74, 6) is 1.48. The zero-order valence-corrected chi connectivity index (χ0v) is 17.4. The summed E-state index contributed by atoms with van der Waals surface area (Å²) in [4.78, 5) is 16.7. The highest BCUT2D eigenvalue weighted by Gasteiger charge is 2.22. The van der Waals surface area contributed by atoms with Gasteiger partial charge in [0, 0.05) is 31.9 Å². The van der Waals surface area contributed by atoms with Gasteiger partial charge in [0.15, 0.2) is 11.5 Å². The second-order valence-corrected chi connectivity index (χ2v) is 7.83. The van der Waals surface area contributed by atoms with Gasteiger partial charge in [-0.15, -0.1) is 0 Å². The van der Waals surface area contributed by atoms with E-state index < -0.39 is 0 Å². The van der Waals surface area contributed by atoms with Gasteiger partial charge in [-0.2, -0.15) is 0 Å². The normalized spacial score (nSPS) is 18.9. The number of ether oxygens (including phenoxy) is 3. The van der Waals surface area contributed by atoms with Crippen LogP contribution in [0, 0.1) is 0 Å². The molecule has 160 valence electrons. The minimum Gasteiger partial charge on any atom is -0.486 e. The van der Waals surface area contributed by atoms with Crippen molar-refractivity contribution in [3.8, 4) is 11.5 Å². The van der Waals surface area contributed by atoms with Crippen LogP contribution in [-0.4, -0.2) is 74.9 Å². The van der Waals surface area contributed by atoms with Crippen LogP contribution < -0.4 is 14.8 Å². The van der Waals surface area contributed by atoms with Crippen LogP contribution in [0.15, 0.2) is 48.5 Å². The van der Waals surface area contributed by atoms with Gasteiger partial charge < -0.3 is 19.5 Å². The zero-order chi connectivity index (χ0) is 20.8. The maximum absolute atomic E-state index is 12.4. The van der Waals surface area contributed by atoms with Crippen LogP contribution in [0.3, 0.4) is 0 Å². The number of likely N-dealkylation sites (N-methyl/N-ethyl adjacent to an activating group) is 1. The number of fused-ring (bicyclic) bond motifs is 1. The maximum atomic E-state index is 12.4. The fourth-order valence-electron chi connectivity index (χ4n) is 3.72. The Kier molecular flexibility index (Phi) is 6.84. The van der Waals surface area contributed by atoms with E-state index in [1.54, 1.807) is 0 Å². The third kappa shape index (κ3) is 5.72. The van der Waals surface area contributed by atoms with E-state index in [2.05, 4.69) is 22.3 Å². The number of nitrogens with one attached hydrogen (secondary N) is 1.